The Morgan fingerprint density at radius 2 is 1.18 bits per heavy atom. The van der Waals surface area contributed by atoms with Crippen molar-refractivity contribution < 1.29 is 39.5 Å². The molecular weight excluding hydrogens is 271 g/mol. The summed E-state index contributed by atoms with van der Waals surface area (Å²) in [4.78, 5) is 0. The minimum atomic E-state index is -6.87. The number of rotatable bonds is 5. The van der Waals surface area contributed by atoms with Crippen molar-refractivity contribution >= 4 is 0 Å². The summed E-state index contributed by atoms with van der Waals surface area (Å²) in [6.45, 7) is -1.71. The molecule has 0 fully saturated rings. The van der Waals surface area contributed by atoms with E-state index in [0.29, 0.717) is 5.32 Å². The van der Waals surface area contributed by atoms with Gasteiger partial charge in [-0.05, 0) is 0 Å². The minimum Gasteiger partial charge on any atom is -0.329 e. The highest BCUT2D eigenvalue weighted by Crippen LogP contribution is 2.51. The monoisotopic (exact) mass is 278 g/mol. The van der Waals surface area contributed by atoms with E-state index in [9.17, 15) is 39.5 Å². The average Bonchev–Trinajstić information content (AvgIpc) is 2.12. The Hall–Kier alpha value is -0.710. The van der Waals surface area contributed by atoms with Crippen molar-refractivity contribution in [3.05, 3.63) is 0 Å². The highest BCUT2D eigenvalue weighted by molar-refractivity contribution is 4.99. The van der Waals surface area contributed by atoms with Gasteiger partial charge in [-0.3, -0.25) is 5.32 Å². The summed E-state index contributed by atoms with van der Waals surface area (Å²) in [6.07, 6.45) is -6.80. The average molecular weight is 278 g/mol. The van der Waals surface area contributed by atoms with Crippen LogP contribution in [0.5, 0.6) is 0 Å². The van der Waals surface area contributed by atoms with Crippen LogP contribution >= 0.6 is 0 Å². The van der Waals surface area contributed by atoms with Crippen molar-refractivity contribution in [2.45, 2.75) is 24.1 Å². The van der Waals surface area contributed by atoms with Crippen LogP contribution in [0, 0.1) is 0 Å². The summed E-state index contributed by atoms with van der Waals surface area (Å²) >= 11 is 0. The van der Waals surface area contributed by atoms with Crippen LogP contribution in [0.15, 0.2) is 0 Å². The molecule has 2 nitrogen and oxygen atoms in total. The maximum atomic E-state index is 12.5. The quantitative estimate of drug-likeness (QED) is 0.596. The predicted octanol–water partition coefficient (Wildman–Crippen LogP) is 1.96. The van der Waals surface area contributed by atoms with E-state index in [1.807, 2.05) is 0 Å². The van der Waals surface area contributed by atoms with E-state index in [4.69, 9.17) is 0 Å². The maximum Gasteiger partial charge on any atom is 0.460 e. The molecule has 0 saturated carbocycles. The van der Waals surface area contributed by atoms with Gasteiger partial charge in [0.1, 0.15) is 0 Å². The second-order valence-electron chi connectivity index (χ2n) is 2.94. The fraction of sp³-hybridized carbons (Fsp3) is 1.00. The Bertz CT molecular complexity index is 259. The van der Waals surface area contributed by atoms with Gasteiger partial charge in [-0.25, -0.2) is 0 Å². The summed E-state index contributed by atoms with van der Waals surface area (Å²) < 4.78 is 109. The van der Waals surface area contributed by atoms with Crippen LogP contribution < -0.4 is 11.1 Å². The molecule has 11 heteroatoms. The van der Waals surface area contributed by atoms with Crippen molar-refractivity contribution in [2.75, 3.05) is 13.1 Å². The molecular formula is C6H7F9N2. The summed E-state index contributed by atoms with van der Waals surface area (Å²) in [7, 11) is 0. The molecule has 104 valence electrons. The molecule has 0 unspecified atom stereocenters. The Balaban J connectivity index is 5.24. The third kappa shape index (κ3) is 2.76. The lowest BCUT2D eigenvalue weighted by Gasteiger charge is -2.33. The van der Waals surface area contributed by atoms with Crippen molar-refractivity contribution in [1.82, 2.24) is 5.32 Å². The van der Waals surface area contributed by atoms with E-state index in [0.717, 1.165) is 0 Å². The summed E-state index contributed by atoms with van der Waals surface area (Å²) in [5, 5.41) is 0.539. The molecule has 0 rings (SSSR count). The smallest absolute Gasteiger partial charge is 0.329 e. The van der Waals surface area contributed by atoms with Crippen LogP contribution in [-0.4, -0.2) is 37.2 Å². The Morgan fingerprint density at radius 3 is 1.47 bits per heavy atom. The number of hydrogen-bond donors (Lipinski definition) is 2. The minimum absolute atomic E-state index is 0.539. The molecule has 0 bridgehead atoms. The normalized spacial score (nSPS) is 15.2. The zero-order valence-corrected chi connectivity index (χ0v) is 7.89. The van der Waals surface area contributed by atoms with Crippen LogP contribution in [0.1, 0.15) is 0 Å². The van der Waals surface area contributed by atoms with Gasteiger partial charge in [0.25, 0.3) is 0 Å². The van der Waals surface area contributed by atoms with Gasteiger partial charge in [-0.2, -0.15) is 39.5 Å². The highest BCUT2D eigenvalue weighted by Gasteiger charge is 2.81. The van der Waals surface area contributed by atoms with Gasteiger partial charge < -0.3 is 5.73 Å². The Morgan fingerprint density at radius 1 is 0.765 bits per heavy atom. The van der Waals surface area contributed by atoms with Crippen LogP contribution in [0.25, 0.3) is 0 Å². The summed E-state index contributed by atoms with van der Waals surface area (Å²) in [5.41, 5.74) is 4.62. The van der Waals surface area contributed by atoms with Gasteiger partial charge in [0.15, 0.2) is 0 Å². The van der Waals surface area contributed by atoms with E-state index >= 15 is 0 Å². The topological polar surface area (TPSA) is 38.0 Å². The second-order valence-corrected chi connectivity index (χ2v) is 2.94. The molecule has 0 heterocycles. The maximum absolute atomic E-state index is 12.5. The molecule has 17 heavy (non-hydrogen) atoms. The van der Waals surface area contributed by atoms with Crippen LogP contribution in [0.4, 0.5) is 39.5 Å². The van der Waals surface area contributed by atoms with Gasteiger partial charge in [0.2, 0.25) is 0 Å². The largest absolute Gasteiger partial charge is 0.460 e. The molecule has 0 aliphatic heterocycles. The fourth-order valence-electron chi connectivity index (χ4n) is 0.715. The van der Waals surface area contributed by atoms with E-state index in [1.54, 1.807) is 0 Å². The lowest BCUT2D eigenvalue weighted by atomic mass is 10.1. The van der Waals surface area contributed by atoms with Gasteiger partial charge in [0.05, 0.1) is 0 Å². The number of hydrogen-bond acceptors (Lipinski definition) is 2. The molecule has 3 N–H and O–H groups in total. The molecule has 0 aromatic carbocycles. The molecule has 0 aromatic heterocycles. The van der Waals surface area contributed by atoms with Crippen LogP contribution in [0.2, 0.25) is 0 Å². The van der Waals surface area contributed by atoms with E-state index in [1.165, 1.54) is 0 Å². The predicted molar refractivity (Wildman–Crippen MR) is 38.0 cm³/mol. The summed E-state index contributed by atoms with van der Waals surface area (Å²) in [5.74, 6) is -13.5. The van der Waals surface area contributed by atoms with Crippen LogP contribution in [0.3, 0.4) is 0 Å². The molecule has 0 aliphatic carbocycles. The SMILES string of the molecule is NCCNC(F)(F)C(F)(F)C(F)(F)C(F)(F)F. The fourth-order valence-corrected chi connectivity index (χ4v) is 0.715. The summed E-state index contributed by atoms with van der Waals surface area (Å²) in [6, 6.07) is -5.74. The molecule has 0 radical (unpaired) electrons. The molecule has 0 aromatic rings. The Kier molecular flexibility index (Phi) is 4.33. The van der Waals surface area contributed by atoms with Gasteiger partial charge in [-0.1, -0.05) is 0 Å². The van der Waals surface area contributed by atoms with Gasteiger partial charge in [-0.15, -0.1) is 0 Å². The van der Waals surface area contributed by atoms with Crippen molar-refractivity contribution in [1.29, 1.82) is 0 Å². The molecule has 0 amide bonds. The first kappa shape index (κ1) is 16.3. The first-order valence-corrected chi connectivity index (χ1v) is 3.96. The molecule has 0 saturated heterocycles. The standard InChI is InChI=1S/C6H7F9N2/c7-3(8,5(11,12)13)4(9,10)6(14,15)17-2-1-16/h17H,1-2,16H2. The van der Waals surface area contributed by atoms with E-state index in [-0.39, 0.29) is 0 Å². The first-order valence-electron chi connectivity index (χ1n) is 3.96. The zero-order chi connectivity index (χ0) is 14.1. The Labute approximate surface area is 88.9 Å². The van der Waals surface area contributed by atoms with E-state index < -0.39 is 37.2 Å². The van der Waals surface area contributed by atoms with Crippen molar-refractivity contribution in [2.24, 2.45) is 5.73 Å². The second kappa shape index (κ2) is 4.52. The van der Waals surface area contributed by atoms with Gasteiger partial charge in [0, 0.05) is 13.1 Å². The molecule has 0 spiro atoms. The van der Waals surface area contributed by atoms with Crippen molar-refractivity contribution in [3.8, 4) is 0 Å². The lowest BCUT2D eigenvalue weighted by molar-refractivity contribution is -0.400. The number of nitrogens with one attached hydrogen (secondary N) is 1. The third-order valence-electron chi connectivity index (χ3n) is 1.64. The van der Waals surface area contributed by atoms with Gasteiger partial charge >= 0.3 is 24.1 Å². The van der Waals surface area contributed by atoms with Crippen molar-refractivity contribution in [3.63, 3.8) is 0 Å². The first-order chi connectivity index (χ1) is 7.31. The third-order valence-corrected chi connectivity index (χ3v) is 1.64. The van der Waals surface area contributed by atoms with E-state index in [2.05, 4.69) is 5.73 Å². The lowest BCUT2D eigenvalue weighted by Crippen LogP contribution is -2.65. The zero-order valence-electron chi connectivity index (χ0n) is 7.89. The number of alkyl halides is 9. The highest BCUT2D eigenvalue weighted by atomic mass is 19.4. The molecule has 0 atom stereocenters. The van der Waals surface area contributed by atoms with Crippen LogP contribution in [-0.2, 0) is 0 Å². The number of halogens is 9. The molecule has 0 aliphatic rings. The number of nitrogens with two attached hydrogens (primary N) is 1.